The minimum absolute atomic E-state index is 0.959. The summed E-state index contributed by atoms with van der Waals surface area (Å²) in [6.07, 6.45) is 8.95. The Kier molecular flexibility index (Phi) is 2.99. The van der Waals surface area contributed by atoms with Gasteiger partial charge in [-0.1, -0.05) is 26.7 Å². The maximum absolute atomic E-state index is 2.80. The fourth-order valence-corrected chi connectivity index (χ4v) is 4.74. The lowest BCUT2D eigenvalue weighted by Gasteiger charge is -2.36. The molecule has 1 heterocycles. The molecule has 16 heavy (non-hydrogen) atoms. The molecule has 0 aromatic heterocycles. The van der Waals surface area contributed by atoms with E-state index in [0.717, 1.165) is 29.7 Å². The predicted octanol–water partition coefficient (Wildman–Crippen LogP) is 3.54. The van der Waals surface area contributed by atoms with Crippen LogP contribution in [0.15, 0.2) is 0 Å². The number of nitrogens with zero attached hydrogens (tertiary/aromatic N) is 1. The fraction of sp³-hybridized carbons (Fsp3) is 1.00. The summed E-state index contributed by atoms with van der Waals surface area (Å²) in [5, 5.41) is 0. The SMILES string of the molecule is CC1CCC(C)C2CC(N3CCCC3)CC12. The number of likely N-dealkylation sites (tertiary alicyclic amines) is 1. The highest BCUT2D eigenvalue weighted by Gasteiger charge is 2.44. The summed E-state index contributed by atoms with van der Waals surface area (Å²) >= 11 is 0. The van der Waals surface area contributed by atoms with Gasteiger partial charge in [0.2, 0.25) is 0 Å². The third kappa shape index (κ3) is 1.81. The smallest absolute Gasteiger partial charge is 0.0101 e. The molecule has 0 aromatic carbocycles. The molecule has 0 N–H and O–H groups in total. The van der Waals surface area contributed by atoms with Gasteiger partial charge in [0, 0.05) is 6.04 Å². The van der Waals surface area contributed by atoms with E-state index in [2.05, 4.69) is 18.7 Å². The highest BCUT2D eigenvalue weighted by atomic mass is 15.2. The van der Waals surface area contributed by atoms with Gasteiger partial charge < -0.3 is 4.90 Å². The Morgan fingerprint density at radius 3 is 1.81 bits per heavy atom. The van der Waals surface area contributed by atoms with Gasteiger partial charge in [-0.25, -0.2) is 0 Å². The van der Waals surface area contributed by atoms with Gasteiger partial charge in [-0.15, -0.1) is 0 Å². The summed E-state index contributed by atoms with van der Waals surface area (Å²) in [6.45, 7) is 7.81. The molecule has 0 aromatic rings. The molecular formula is C15H27N. The second kappa shape index (κ2) is 4.33. The molecule has 4 unspecified atom stereocenters. The molecule has 2 saturated carbocycles. The Balaban J connectivity index is 1.68. The van der Waals surface area contributed by atoms with E-state index < -0.39 is 0 Å². The van der Waals surface area contributed by atoms with E-state index in [1.165, 1.54) is 51.6 Å². The Bertz CT molecular complexity index is 226. The molecule has 3 fully saturated rings. The number of fused-ring (bicyclic) bond motifs is 1. The summed E-state index contributed by atoms with van der Waals surface area (Å²) in [5.74, 6) is 4.14. The molecule has 1 nitrogen and oxygen atoms in total. The normalized spacial score (nSPS) is 49.5. The van der Waals surface area contributed by atoms with Crippen LogP contribution in [0.4, 0.5) is 0 Å². The van der Waals surface area contributed by atoms with Gasteiger partial charge in [0.15, 0.2) is 0 Å². The van der Waals surface area contributed by atoms with E-state index in [1.54, 1.807) is 0 Å². The first kappa shape index (κ1) is 11.1. The first-order valence-electron chi connectivity index (χ1n) is 7.49. The summed E-state index contributed by atoms with van der Waals surface area (Å²) < 4.78 is 0. The van der Waals surface area contributed by atoms with Crippen LogP contribution in [0, 0.1) is 23.7 Å². The van der Waals surface area contributed by atoms with Gasteiger partial charge >= 0.3 is 0 Å². The highest BCUT2D eigenvalue weighted by Crippen LogP contribution is 2.49. The summed E-state index contributed by atoms with van der Waals surface area (Å²) in [7, 11) is 0. The van der Waals surface area contributed by atoms with E-state index in [4.69, 9.17) is 0 Å². The third-order valence-electron chi connectivity index (χ3n) is 5.83. The molecule has 3 rings (SSSR count). The molecule has 0 bridgehead atoms. The van der Waals surface area contributed by atoms with Crippen molar-refractivity contribution in [3.8, 4) is 0 Å². The quantitative estimate of drug-likeness (QED) is 0.654. The molecule has 2 aliphatic carbocycles. The van der Waals surface area contributed by atoms with Crippen molar-refractivity contribution in [2.75, 3.05) is 13.1 Å². The van der Waals surface area contributed by atoms with Crippen LogP contribution < -0.4 is 0 Å². The zero-order chi connectivity index (χ0) is 11.1. The minimum Gasteiger partial charge on any atom is -0.300 e. The van der Waals surface area contributed by atoms with Gasteiger partial charge in [0.05, 0.1) is 0 Å². The fourth-order valence-electron chi connectivity index (χ4n) is 4.74. The minimum atomic E-state index is 0.959. The van der Waals surface area contributed by atoms with Crippen LogP contribution in [0.3, 0.4) is 0 Å². The van der Waals surface area contributed by atoms with Crippen molar-refractivity contribution in [1.29, 1.82) is 0 Å². The molecule has 3 aliphatic rings. The predicted molar refractivity (Wildman–Crippen MR) is 68.4 cm³/mol. The zero-order valence-electron chi connectivity index (χ0n) is 11.0. The maximum atomic E-state index is 2.80. The molecule has 1 heteroatoms. The van der Waals surface area contributed by atoms with Crippen LogP contribution in [0.5, 0.6) is 0 Å². The Morgan fingerprint density at radius 1 is 0.812 bits per heavy atom. The molecule has 1 aliphatic heterocycles. The highest BCUT2D eigenvalue weighted by molar-refractivity contribution is 4.96. The van der Waals surface area contributed by atoms with Gasteiger partial charge in [-0.05, 0) is 62.4 Å². The lowest BCUT2D eigenvalue weighted by Crippen LogP contribution is -2.30. The second-order valence-corrected chi connectivity index (χ2v) is 6.73. The number of rotatable bonds is 1. The lowest BCUT2D eigenvalue weighted by molar-refractivity contribution is 0.137. The van der Waals surface area contributed by atoms with E-state index in [-0.39, 0.29) is 0 Å². The molecule has 0 spiro atoms. The first-order valence-corrected chi connectivity index (χ1v) is 7.49. The summed E-state index contributed by atoms with van der Waals surface area (Å²) in [6, 6.07) is 0.959. The van der Waals surface area contributed by atoms with Gasteiger partial charge in [0.25, 0.3) is 0 Å². The maximum Gasteiger partial charge on any atom is 0.0101 e. The third-order valence-corrected chi connectivity index (χ3v) is 5.83. The topological polar surface area (TPSA) is 3.24 Å². The first-order chi connectivity index (χ1) is 7.75. The van der Waals surface area contributed by atoms with Crippen LogP contribution >= 0.6 is 0 Å². The Morgan fingerprint density at radius 2 is 1.31 bits per heavy atom. The number of hydrogen-bond donors (Lipinski definition) is 0. The van der Waals surface area contributed by atoms with E-state index in [0.29, 0.717) is 0 Å². The van der Waals surface area contributed by atoms with Crippen LogP contribution in [-0.2, 0) is 0 Å². The molecule has 0 amide bonds. The monoisotopic (exact) mass is 221 g/mol. The van der Waals surface area contributed by atoms with Crippen molar-refractivity contribution in [2.45, 2.75) is 58.4 Å². The standard InChI is InChI=1S/C15H27N/c1-11-5-6-12(2)15-10-13(9-14(11)15)16-7-3-4-8-16/h11-15H,3-10H2,1-2H3. The zero-order valence-corrected chi connectivity index (χ0v) is 11.0. The molecule has 1 saturated heterocycles. The summed E-state index contributed by atoms with van der Waals surface area (Å²) in [5.41, 5.74) is 0. The van der Waals surface area contributed by atoms with Crippen molar-refractivity contribution in [1.82, 2.24) is 4.90 Å². The van der Waals surface area contributed by atoms with E-state index >= 15 is 0 Å². The van der Waals surface area contributed by atoms with Crippen LogP contribution in [0.1, 0.15) is 52.4 Å². The molecule has 4 atom stereocenters. The molecule has 0 radical (unpaired) electrons. The van der Waals surface area contributed by atoms with Crippen molar-refractivity contribution in [3.05, 3.63) is 0 Å². The van der Waals surface area contributed by atoms with E-state index in [1.807, 2.05) is 0 Å². The van der Waals surface area contributed by atoms with Crippen LogP contribution in [-0.4, -0.2) is 24.0 Å². The average molecular weight is 221 g/mol. The van der Waals surface area contributed by atoms with E-state index in [9.17, 15) is 0 Å². The van der Waals surface area contributed by atoms with Gasteiger partial charge in [0.1, 0.15) is 0 Å². The van der Waals surface area contributed by atoms with Crippen LogP contribution in [0.25, 0.3) is 0 Å². The van der Waals surface area contributed by atoms with Gasteiger partial charge in [-0.3, -0.25) is 0 Å². The largest absolute Gasteiger partial charge is 0.300 e. The second-order valence-electron chi connectivity index (χ2n) is 6.73. The van der Waals surface area contributed by atoms with Crippen molar-refractivity contribution in [3.63, 3.8) is 0 Å². The van der Waals surface area contributed by atoms with Crippen molar-refractivity contribution in [2.24, 2.45) is 23.7 Å². The lowest BCUT2D eigenvalue weighted by atomic mass is 9.69. The van der Waals surface area contributed by atoms with Crippen molar-refractivity contribution >= 4 is 0 Å². The van der Waals surface area contributed by atoms with Crippen molar-refractivity contribution < 1.29 is 0 Å². The number of hydrogen-bond acceptors (Lipinski definition) is 1. The summed E-state index contributed by atoms with van der Waals surface area (Å²) in [4.78, 5) is 2.80. The Labute approximate surface area is 101 Å². The van der Waals surface area contributed by atoms with Gasteiger partial charge in [-0.2, -0.15) is 0 Å². The van der Waals surface area contributed by atoms with Crippen LogP contribution in [0.2, 0.25) is 0 Å². The molecular weight excluding hydrogens is 194 g/mol. The average Bonchev–Trinajstić information content (AvgIpc) is 2.90. The molecule has 92 valence electrons. The Hall–Kier alpha value is -0.0400.